The molecule has 0 bridgehead atoms. The Morgan fingerprint density at radius 3 is 2.59 bits per heavy atom. The molecular formula is C10H20N2O4S. The van der Waals surface area contributed by atoms with Crippen molar-refractivity contribution < 1.29 is 18.3 Å². The first-order valence-electron chi connectivity index (χ1n) is 5.66. The normalized spacial score (nSPS) is 28.9. The van der Waals surface area contributed by atoms with E-state index >= 15 is 0 Å². The number of sulfonamides is 1. The van der Waals surface area contributed by atoms with Gasteiger partial charge in [0.15, 0.2) is 5.25 Å². The van der Waals surface area contributed by atoms with Crippen molar-refractivity contribution in [1.82, 2.24) is 9.62 Å². The number of nitrogens with one attached hydrogen (secondary N) is 1. The quantitative estimate of drug-likeness (QED) is 0.729. The molecule has 100 valence electrons. The van der Waals surface area contributed by atoms with Crippen LogP contribution in [0.25, 0.3) is 0 Å². The zero-order chi connectivity index (χ0) is 13.2. The summed E-state index contributed by atoms with van der Waals surface area (Å²) in [5.41, 5.74) is 0. The van der Waals surface area contributed by atoms with Crippen molar-refractivity contribution in [3.05, 3.63) is 0 Å². The van der Waals surface area contributed by atoms with Crippen molar-refractivity contribution in [3.8, 4) is 0 Å². The molecule has 0 aromatic rings. The maximum absolute atomic E-state index is 11.8. The predicted molar refractivity (Wildman–Crippen MR) is 64.2 cm³/mol. The summed E-state index contributed by atoms with van der Waals surface area (Å²) in [5, 5.41) is 7.32. The Morgan fingerprint density at radius 2 is 2.12 bits per heavy atom. The van der Waals surface area contributed by atoms with Gasteiger partial charge in [-0.25, -0.2) is 13.1 Å². The van der Waals surface area contributed by atoms with Crippen LogP contribution in [0.5, 0.6) is 0 Å². The number of aliphatic carboxylic acids is 1. The molecule has 3 unspecified atom stereocenters. The molecule has 1 aliphatic heterocycles. The van der Waals surface area contributed by atoms with Crippen LogP contribution >= 0.6 is 0 Å². The Hall–Kier alpha value is -0.660. The summed E-state index contributed by atoms with van der Waals surface area (Å²) in [4.78, 5) is 12.8. The molecule has 3 atom stereocenters. The van der Waals surface area contributed by atoms with Gasteiger partial charge in [-0.05, 0) is 32.9 Å². The standard InChI is InChI=1S/C10H20N2O4S/c1-7-6-12(3)5-4-9(7)11-17(15,16)8(2)10(13)14/h7-9,11H,4-6H2,1-3H3,(H,13,14). The van der Waals surface area contributed by atoms with Crippen LogP contribution in [0.2, 0.25) is 0 Å². The largest absolute Gasteiger partial charge is 0.480 e. The van der Waals surface area contributed by atoms with Gasteiger partial charge in [0.25, 0.3) is 0 Å². The Kier molecular flexibility index (Phi) is 4.51. The maximum Gasteiger partial charge on any atom is 0.323 e. The Bertz CT molecular complexity index is 382. The summed E-state index contributed by atoms with van der Waals surface area (Å²) >= 11 is 0. The van der Waals surface area contributed by atoms with E-state index in [-0.39, 0.29) is 12.0 Å². The molecule has 1 rings (SSSR count). The molecule has 0 aromatic heterocycles. The maximum atomic E-state index is 11.8. The summed E-state index contributed by atoms with van der Waals surface area (Å²) in [6.07, 6.45) is 0.712. The van der Waals surface area contributed by atoms with Crippen LogP contribution in [-0.2, 0) is 14.8 Å². The molecule has 6 nitrogen and oxygen atoms in total. The lowest BCUT2D eigenvalue weighted by Crippen LogP contribution is -2.51. The number of likely N-dealkylation sites (tertiary alicyclic amines) is 1. The predicted octanol–water partition coefficient (Wildman–Crippen LogP) is -0.281. The molecule has 0 spiro atoms. The summed E-state index contributed by atoms with van der Waals surface area (Å²) in [6.45, 7) is 4.78. The minimum Gasteiger partial charge on any atom is -0.480 e. The molecule has 7 heteroatoms. The molecule has 0 saturated carbocycles. The second-order valence-electron chi connectivity index (χ2n) is 4.78. The number of piperidine rings is 1. The fourth-order valence-corrected chi connectivity index (χ4v) is 3.22. The van der Waals surface area contributed by atoms with Gasteiger partial charge >= 0.3 is 5.97 Å². The van der Waals surface area contributed by atoms with Crippen LogP contribution in [0.4, 0.5) is 0 Å². The van der Waals surface area contributed by atoms with E-state index in [0.29, 0.717) is 6.42 Å². The molecule has 1 fully saturated rings. The first-order valence-corrected chi connectivity index (χ1v) is 7.21. The van der Waals surface area contributed by atoms with Crippen molar-refractivity contribution in [2.24, 2.45) is 5.92 Å². The number of carboxylic acids is 1. The molecule has 1 heterocycles. The molecule has 1 saturated heterocycles. The van der Waals surface area contributed by atoms with Crippen LogP contribution in [0.1, 0.15) is 20.3 Å². The second-order valence-corrected chi connectivity index (χ2v) is 6.81. The Labute approximate surface area is 102 Å². The van der Waals surface area contributed by atoms with E-state index in [1.807, 2.05) is 14.0 Å². The average Bonchev–Trinajstić information content (AvgIpc) is 2.21. The zero-order valence-electron chi connectivity index (χ0n) is 10.4. The third kappa shape index (κ3) is 3.65. The molecule has 0 amide bonds. The number of rotatable bonds is 4. The first kappa shape index (κ1) is 14.4. The van der Waals surface area contributed by atoms with Crippen molar-refractivity contribution in [3.63, 3.8) is 0 Å². The lowest BCUT2D eigenvalue weighted by Gasteiger charge is -2.35. The second kappa shape index (κ2) is 5.32. The lowest BCUT2D eigenvalue weighted by atomic mass is 9.95. The Morgan fingerprint density at radius 1 is 1.53 bits per heavy atom. The number of nitrogens with zero attached hydrogens (tertiary/aromatic N) is 1. The average molecular weight is 264 g/mol. The van der Waals surface area contributed by atoms with Gasteiger partial charge in [-0.15, -0.1) is 0 Å². The summed E-state index contributed by atoms with van der Waals surface area (Å²) in [7, 11) is -1.79. The van der Waals surface area contributed by atoms with Gasteiger partial charge in [0, 0.05) is 12.6 Å². The molecule has 17 heavy (non-hydrogen) atoms. The topological polar surface area (TPSA) is 86.7 Å². The van der Waals surface area contributed by atoms with Gasteiger partial charge in [0.05, 0.1) is 0 Å². The summed E-state index contributed by atoms with van der Waals surface area (Å²) in [5.74, 6) is -1.14. The van der Waals surface area contributed by atoms with Gasteiger partial charge in [-0.1, -0.05) is 6.92 Å². The van der Waals surface area contributed by atoms with E-state index in [2.05, 4.69) is 9.62 Å². The van der Waals surface area contributed by atoms with E-state index in [1.54, 1.807) is 0 Å². The van der Waals surface area contributed by atoms with E-state index in [4.69, 9.17) is 5.11 Å². The van der Waals surface area contributed by atoms with E-state index in [1.165, 1.54) is 6.92 Å². The summed E-state index contributed by atoms with van der Waals surface area (Å²) in [6, 6.07) is -0.169. The summed E-state index contributed by atoms with van der Waals surface area (Å²) < 4.78 is 26.0. The van der Waals surface area contributed by atoms with Gasteiger partial charge in [0.1, 0.15) is 0 Å². The molecular weight excluding hydrogens is 244 g/mol. The van der Waals surface area contributed by atoms with Gasteiger partial charge in [-0.3, -0.25) is 4.79 Å². The zero-order valence-corrected chi connectivity index (χ0v) is 11.2. The highest BCUT2D eigenvalue weighted by Gasteiger charge is 2.33. The van der Waals surface area contributed by atoms with E-state index in [9.17, 15) is 13.2 Å². The van der Waals surface area contributed by atoms with Crippen molar-refractivity contribution in [2.45, 2.75) is 31.6 Å². The SMILES string of the molecule is CC1CN(C)CCC1NS(=O)(=O)C(C)C(=O)O. The molecule has 1 aliphatic rings. The van der Waals surface area contributed by atoms with Gasteiger partial charge < -0.3 is 10.0 Å². The fraction of sp³-hybridized carbons (Fsp3) is 0.900. The van der Waals surface area contributed by atoms with Crippen molar-refractivity contribution >= 4 is 16.0 Å². The first-order chi connectivity index (χ1) is 7.74. The van der Waals surface area contributed by atoms with Crippen molar-refractivity contribution in [1.29, 1.82) is 0 Å². The molecule has 0 radical (unpaired) electrons. The highest BCUT2D eigenvalue weighted by atomic mass is 32.2. The van der Waals surface area contributed by atoms with Gasteiger partial charge in [-0.2, -0.15) is 0 Å². The van der Waals surface area contributed by atoms with Gasteiger partial charge in [0.2, 0.25) is 10.0 Å². The Balaban J connectivity index is 2.68. The van der Waals surface area contributed by atoms with Crippen molar-refractivity contribution in [2.75, 3.05) is 20.1 Å². The van der Waals surface area contributed by atoms with Crippen LogP contribution < -0.4 is 4.72 Å². The molecule has 0 aliphatic carbocycles. The van der Waals surface area contributed by atoms with E-state index < -0.39 is 21.2 Å². The number of carboxylic acid groups (broad SMARTS) is 1. The fourth-order valence-electron chi connectivity index (χ4n) is 1.97. The molecule has 2 N–H and O–H groups in total. The van der Waals surface area contributed by atoms with Crippen LogP contribution in [0.15, 0.2) is 0 Å². The number of hydrogen-bond donors (Lipinski definition) is 2. The minimum absolute atomic E-state index is 0.169. The van der Waals surface area contributed by atoms with Crippen LogP contribution in [-0.4, -0.2) is 55.8 Å². The lowest BCUT2D eigenvalue weighted by molar-refractivity contribution is -0.136. The highest BCUT2D eigenvalue weighted by Crippen LogP contribution is 2.17. The third-order valence-electron chi connectivity index (χ3n) is 3.24. The molecule has 0 aromatic carbocycles. The van der Waals surface area contributed by atoms with Crippen LogP contribution in [0.3, 0.4) is 0 Å². The highest BCUT2D eigenvalue weighted by molar-refractivity contribution is 7.90. The smallest absolute Gasteiger partial charge is 0.323 e. The third-order valence-corrected chi connectivity index (χ3v) is 5.00. The van der Waals surface area contributed by atoms with E-state index in [0.717, 1.165) is 13.1 Å². The number of hydrogen-bond acceptors (Lipinski definition) is 4. The monoisotopic (exact) mass is 264 g/mol. The van der Waals surface area contributed by atoms with Crippen LogP contribution in [0, 0.1) is 5.92 Å². The minimum atomic E-state index is -3.78. The number of carbonyl (C=O) groups is 1.